The van der Waals surface area contributed by atoms with E-state index in [0.717, 1.165) is 0 Å². The van der Waals surface area contributed by atoms with Crippen LogP contribution in [0.3, 0.4) is 0 Å². The van der Waals surface area contributed by atoms with Gasteiger partial charge in [0, 0.05) is 0 Å². The molecular formula is C6H7N5O+. The molecule has 2 aliphatic rings. The molecular weight excluding hydrogens is 158 g/mol. The Morgan fingerprint density at radius 2 is 2.58 bits per heavy atom. The molecule has 1 atom stereocenters. The van der Waals surface area contributed by atoms with Crippen LogP contribution < -0.4 is 10.7 Å². The van der Waals surface area contributed by atoms with Crippen molar-refractivity contribution in [2.24, 2.45) is 20.7 Å². The highest BCUT2D eigenvalue weighted by Gasteiger charge is 2.48. The average molecular weight is 165 g/mol. The number of ether oxygens (including phenoxy) is 1. The number of amidine groups is 1. The minimum absolute atomic E-state index is 0.0535. The van der Waals surface area contributed by atoms with Crippen molar-refractivity contribution in [1.82, 2.24) is 4.99 Å². The zero-order chi connectivity index (χ0) is 8.44. The molecule has 0 saturated heterocycles. The number of nitrogens with two attached hydrogens (primary N) is 1. The van der Waals surface area contributed by atoms with Crippen LogP contribution in [0.5, 0.6) is 0 Å². The predicted molar refractivity (Wildman–Crippen MR) is 45.5 cm³/mol. The monoisotopic (exact) mass is 165 g/mol. The van der Waals surface area contributed by atoms with Gasteiger partial charge in [-0.15, -0.1) is 0 Å². The highest BCUT2D eigenvalue weighted by molar-refractivity contribution is 6.15. The van der Waals surface area contributed by atoms with Crippen molar-refractivity contribution < 1.29 is 4.74 Å². The molecule has 2 heterocycles. The fraction of sp³-hybridized carbons (Fsp3) is 0.333. The zero-order valence-corrected chi connectivity index (χ0v) is 6.21. The Hall–Kier alpha value is -1.40. The number of hydrogen-bond acceptors (Lipinski definition) is 6. The molecule has 6 nitrogen and oxygen atoms in total. The molecule has 0 spiro atoms. The van der Waals surface area contributed by atoms with E-state index in [0.29, 0.717) is 5.84 Å². The van der Waals surface area contributed by atoms with Gasteiger partial charge in [0.2, 0.25) is 0 Å². The number of rotatable bonds is 2. The van der Waals surface area contributed by atoms with E-state index in [1.165, 1.54) is 18.9 Å². The summed E-state index contributed by atoms with van der Waals surface area (Å²) in [7, 11) is 0. The van der Waals surface area contributed by atoms with Gasteiger partial charge in [-0.05, 0) is 0 Å². The third kappa shape index (κ3) is 0.892. The maximum atomic E-state index is 5.25. The number of fused-ring (bicyclic) bond motifs is 1. The number of nitrogens with zero attached hydrogens (tertiary/aromatic N) is 4. The van der Waals surface area contributed by atoms with Crippen molar-refractivity contribution in [2.45, 2.75) is 5.72 Å². The molecule has 0 aromatic rings. The maximum absolute atomic E-state index is 5.25. The summed E-state index contributed by atoms with van der Waals surface area (Å²) in [5.41, 5.74) is 4.29. The SMILES string of the molecule is NCOC12C=NC=NC1=[N+]C=N2. The molecule has 61 valence electrons. The molecule has 2 N–H and O–H groups in total. The van der Waals surface area contributed by atoms with Gasteiger partial charge >= 0.3 is 11.6 Å². The molecule has 0 fully saturated rings. The second kappa shape index (κ2) is 2.58. The van der Waals surface area contributed by atoms with Gasteiger partial charge in [-0.1, -0.05) is 15.0 Å². The lowest BCUT2D eigenvalue weighted by atomic mass is 10.2. The Labute approximate surface area is 68.6 Å². The summed E-state index contributed by atoms with van der Waals surface area (Å²) in [5.74, 6) is 0.475. The average Bonchev–Trinajstić information content (AvgIpc) is 2.48. The standard InChI is InChI=1S/C6H7N5O/c7-2-12-6-1-8-3-9-5(6)10-4-11-6/h1,3-4H,2,7H2/q+1. The molecule has 6 heteroatoms. The van der Waals surface area contributed by atoms with Gasteiger partial charge in [-0.2, -0.15) is 0 Å². The summed E-state index contributed by atoms with van der Waals surface area (Å²) >= 11 is 0. The van der Waals surface area contributed by atoms with E-state index < -0.39 is 5.72 Å². The number of aliphatic imine (C=N–C) groups is 4. The molecule has 2 rings (SSSR count). The summed E-state index contributed by atoms with van der Waals surface area (Å²) < 4.78 is 5.18. The van der Waals surface area contributed by atoms with Crippen LogP contribution in [0.25, 0.3) is 0 Å². The normalized spacial score (nSPS) is 30.6. The summed E-state index contributed by atoms with van der Waals surface area (Å²) in [5, 5.41) is 0. The Morgan fingerprint density at radius 1 is 1.67 bits per heavy atom. The van der Waals surface area contributed by atoms with E-state index >= 15 is 0 Å². The Bertz CT molecular complexity index is 305. The molecule has 0 aromatic carbocycles. The lowest BCUT2D eigenvalue weighted by molar-refractivity contribution is 0.0725. The van der Waals surface area contributed by atoms with Gasteiger partial charge in [0.25, 0.3) is 6.34 Å². The van der Waals surface area contributed by atoms with Crippen molar-refractivity contribution in [1.29, 1.82) is 0 Å². The van der Waals surface area contributed by atoms with Crippen molar-refractivity contribution in [3.63, 3.8) is 0 Å². The van der Waals surface area contributed by atoms with Gasteiger partial charge in [-0.3, -0.25) is 0 Å². The van der Waals surface area contributed by atoms with Crippen LogP contribution >= 0.6 is 0 Å². The summed E-state index contributed by atoms with van der Waals surface area (Å²) in [6.07, 6.45) is 4.31. The number of hydrogen-bond donors (Lipinski definition) is 1. The highest BCUT2D eigenvalue weighted by Crippen LogP contribution is 2.16. The first kappa shape index (κ1) is 7.26. The predicted octanol–water partition coefficient (Wildman–Crippen LogP) is -1.50. The zero-order valence-electron chi connectivity index (χ0n) is 6.21. The van der Waals surface area contributed by atoms with Crippen LogP contribution in [0.4, 0.5) is 0 Å². The van der Waals surface area contributed by atoms with E-state index in [2.05, 4.69) is 20.0 Å². The highest BCUT2D eigenvalue weighted by atomic mass is 16.5. The van der Waals surface area contributed by atoms with Crippen LogP contribution in [-0.4, -0.2) is 37.2 Å². The van der Waals surface area contributed by atoms with Crippen LogP contribution in [0.15, 0.2) is 15.0 Å². The fourth-order valence-corrected chi connectivity index (χ4v) is 1.02. The van der Waals surface area contributed by atoms with Crippen LogP contribution in [-0.2, 0) is 4.74 Å². The minimum atomic E-state index is -0.955. The van der Waals surface area contributed by atoms with Crippen LogP contribution in [0.1, 0.15) is 0 Å². The molecule has 12 heavy (non-hydrogen) atoms. The third-order valence-corrected chi connectivity index (χ3v) is 1.55. The summed E-state index contributed by atoms with van der Waals surface area (Å²) in [4.78, 5) is 15.6. The molecule has 0 amide bonds. The Morgan fingerprint density at radius 3 is 3.42 bits per heavy atom. The minimum Gasteiger partial charge on any atom is -0.312 e. The van der Waals surface area contributed by atoms with Crippen molar-refractivity contribution in [3.05, 3.63) is 0 Å². The van der Waals surface area contributed by atoms with E-state index in [1.54, 1.807) is 0 Å². The van der Waals surface area contributed by atoms with E-state index in [4.69, 9.17) is 10.5 Å². The molecule has 0 aromatic heterocycles. The van der Waals surface area contributed by atoms with Crippen molar-refractivity contribution in [3.8, 4) is 0 Å². The van der Waals surface area contributed by atoms with Gasteiger partial charge in [0.1, 0.15) is 0 Å². The lowest BCUT2D eigenvalue weighted by Gasteiger charge is -2.14. The lowest BCUT2D eigenvalue weighted by Crippen LogP contribution is -2.42. The first-order valence-corrected chi connectivity index (χ1v) is 3.40. The maximum Gasteiger partial charge on any atom is 0.352 e. The molecule has 0 aliphatic carbocycles. The summed E-state index contributed by atoms with van der Waals surface area (Å²) in [6.45, 7) is 0.0535. The van der Waals surface area contributed by atoms with Crippen molar-refractivity contribution >= 4 is 24.7 Å². The van der Waals surface area contributed by atoms with Gasteiger partial charge < -0.3 is 10.5 Å². The van der Waals surface area contributed by atoms with E-state index in [-0.39, 0.29) is 6.73 Å². The van der Waals surface area contributed by atoms with Crippen LogP contribution in [0, 0.1) is 0 Å². The molecule has 0 bridgehead atoms. The first-order valence-electron chi connectivity index (χ1n) is 3.40. The molecule has 1 unspecified atom stereocenters. The topological polar surface area (TPSA) is 86.4 Å². The fourth-order valence-electron chi connectivity index (χ4n) is 1.02. The van der Waals surface area contributed by atoms with Crippen LogP contribution in [0.2, 0.25) is 0 Å². The van der Waals surface area contributed by atoms with Crippen molar-refractivity contribution in [2.75, 3.05) is 6.73 Å². The molecule has 1 radical (unpaired) electrons. The largest absolute Gasteiger partial charge is 0.352 e. The van der Waals surface area contributed by atoms with Gasteiger partial charge in [0.05, 0.1) is 12.9 Å². The van der Waals surface area contributed by atoms with Gasteiger partial charge in [-0.25, -0.2) is 4.99 Å². The first-order chi connectivity index (χ1) is 5.87. The molecule has 2 aliphatic heterocycles. The van der Waals surface area contributed by atoms with E-state index in [1.807, 2.05) is 0 Å². The quantitative estimate of drug-likeness (QED) is 0.505. The van der Waals surface area contributed by atoms with E-state index in [9.17, 15) is 0 Å². The second-order valence-corrected chi connectivity index (χ2v) is 2.23. The molecule has 0 saturated carbocycles. The van der Waals surface area contributed by atoms with Gasteiger partial charge in [0.15, 0.2) is 6.34 Å². The second-order valence-electron chi connectivity index (χ2n) is 2.23. The third-order valence-electron chi connectivity index (χ3n) is 1.55. The smallest absolute Gasteiger partial charge is 0.312 e. The summed E-state index contributed by atoms with van der Waals surface area (Å²) in [6, 6.07) is 0. The Balaban J connectivity index is 2.34. The Kier molecular flexibility index (Phi) is 1.56.